The van der Waals surface area contributed by atoms with Crippen molar-refractivity contribution in [1.29, 1.82) is 0 Å². The molecule has 1 heterocycles. The lowest BCUT2D eigenvalue weighted by atomic mass is 10.2. The fourth-order valence-electron chi connectivity index (χ4n) is 0.705. The van der Waals surface area contributed by atoms with Crippen molar-refractivity contribution in [1.82, 2.24) is 5.01 Å². The number of hydrogen-bond donors (Lipinski definition) is 1. The van der Waals surface area contributed by atoms with Crippen LogP contribution < -0.4 is 5.73 Å². The van der Waals surface area contributed by atoms with E-state index in [1.807, 2.05) is 14.0 Å². The van der Waals surface area contributed by atoms with E-state index in [-0.39, 0.29) is 0 Å². The molecule has 1 aliphatic heterocycles. The zero-order chi connectivity index (χ0) is 6.20. The van der Waals surface area contributed by atoms with E-state index in [1.54, 1.807) is 5.01 Å². The fourth-order valence-corrected chi connectivity index (χ4v) is 0.705. The first-order chi connectivity index (χ1) is 3.60. The van der Waals surface area contributed by atoms with Gasteiger partial charge in [0.25, 0.3) is 0 Å². The number of rotatable bonds is 0. The van der Waals surface area contributed by atoms with Crippen LogP contribution in [0.1, 0.15) is 6.92 Å². The van der Waals surface area contributed by atoms with Crippen LogP contribution in [0.15, 0.2) is 10.3 Å². The van der Waals surface area contributed by atoms with Crippen molar-refractivity contribution >= 4 is 0 Å². The molecular weight excluding hydrogens is 104 g/mol. The Balaban J connectivity index is 2.58. The Labute approximate surface area is 48.3 Å². The van der Waals surface area contributed by atoms with Crippen LogP contribution in [0.5, 0.6) is 0 Å². The summed E-state index contributed by atoms with van der Waals surface area (Å²) in [6, 6.07) is 0. The van der Waals surface area contributed by atoms with E-state index in [0.717, 1.165) is 0 Å². The molecule has 1 unspecified atom stereocenters. The van der Waals surface area contributed by atoms with Gasteiger partial charge in [0.2, 0.25) is 0 Å². The quantitative estimate of drug-likeness (QED) is 0.481. The Hall–Kier alpha value is -0.640. The van der Waals surface area contributed by atoms with Gasteiger partial charge in [-0.15, -0.1) is 5.11 Å². The van der Waals surface area contributed by atoms with E-state index in [1.165, 1.54) is 0 Å². The van der Waals surface area contributed by atoms with Crippen molar-refractivity contribution in [3.63, 3.8) is 0 Å². The smallest absolute Gasteiger partial charge is 0.147 e. The van der Waals surface area contributed by atoms with E-state index in [2.05, 4.69) is 10.3 Å². The van der Waals surface area contributed by atoms with Gasteiger partial charge in [-0.3, -0.25) is 5.01 Å². The van der Waals surface area contributed by atoms with Gasteiger partial charge in [0.05, 0.1) is 6.54 Å². The summed E-state index contributed by atoms with van der Waals surface area (Å²) in [7, 11) is 1.85. The molecule has 0 saturated heterocycles. The summed E-state index contributed by atoms with van der Waals surface area (Å²) < 4.78 is 0. The van der Waals surface area contributed by atoms with E-state index in [9.17, 15) is 0 Å². The summed E-state index contributed by atoms with van der Waals surface area (Å²) in [6.45, 7) is 2.56. The van der Waals surface area contributed by atoms with Crippen LogP contribution in [-0.4, -0.2) is 24.3 Å². The largest absolute Gasteiger partial charge is 0.304 e. The highest BCUT2D eigenvalue weighted by Crippen LogP contribution is 2.11. The topological polar surface area (TPSA) is 54.0 Å². The summed E-state index contributed by atoms with van der Waals surface area (Å²) in [5, 5.41) is 9.22. The van der Waals surface area contributed by atoms with Gasteiger partial charge in [0.1, 0.15) is 5.66 Å². The average molecular weight is 114 g/mol. The molecule has 1 aliphatic rings. The molecule has 0 aromatic rings. The molecule has 0 fully saturated rings. The number of hydrogen-bond acceptors (Lipinski definition) is 4. The predicted molar refractivity (Wildman–Crippen MR) is 30.1 cm³/mol. The van der Waals surface area contributed by atoms with Crippen LogP contribution in [-0.2, 0) is 0 Å². The van der Waals surface area contributed by atoms with Gasteiger partial charge >= 0.3 is 0 Å². The van der Waals surface area contributed by atoms with Crippen molar-refractivity contribution in [2.45, 2.75) is 12.6 Å². The minimum absolute atomic E-state index is 0.450. The lowest BCUT2D eigenvalue weighted by molar-refractivity contribution is 0.346. The summed E-state index contributed by atoms with van der Waals surface area (Å²) in [6.07, 6.45) is 0. The molecule has 0 spiro atoms. The third-order valence-corrected chi connectivity index (χ3v) is 0.975. The molecule has 0 saturated carbocycles. The van der Waals surface area contributed by atoms with Crippen LogP contribution in [0.2, 0.25) is 0 Å². The first kappa shape index (κ1) is 5.50. The molecule has 0 bridgehead atoms. The molecule has 0 aromatic carbocycles. The maximum Gasteiger partial charge on any atom is 0.147 e. The van der Waals surface area contributed by atoms with Crippen LogP contribution in [0.25, 0.3) is 0 Å². The maximum atomic E-state index is 5.57. The Morgan fingerprint density at radius 3 is 2.50 bits per heavy atom. The highest BCUT2D eigenvalue weighted by Gasteiger charge is 2.24. The molecule has 1 atom stereocenters. The monoisotopic (exact) mass is 114 g/mol. The van der Waals surface area contributed by atoms with E-state index in [0.29, 0.717) is 6.54 Å². The fraction of sp³-hybridized carbons (Fsp3) is 1.00. The molecule has 0 radical (unpaired) electrons. The van der Waals surface area contributed by atoms with Crippen LogP contribution in [0, 0.1) is 0 Å². The van der Waals surface area contributed by atoms with Crippen LogP contribution >= 0.6 is 0 Å². The summed E-state index contributed by atoms with van der Waals surface area (Å²) >= 11 is 0. The lowest BCUT2D eigenvalue weighted by Crippen LogP contribution is -2.38. The van der Waals surface area contributed by atoms with Gasteiger partial charge in [-0.25, -0.2) is 0 Å². The summed E-state index contributed by atoms with van der Waals surface area (Å²) in [4.78, 5) is 0. The molecule has 1 rings (SSSR count). The van der Waals surface area contributed by atoms with Gasteiger partial charge in [-0.1, -0.05) is 5.22 Å². The van der Waals surface area contributed by atoms with Crippen LogP contribution in [0.3, 0.4) is 0 Å². The molecule has 46 valence electrons. The Morgan fingerprint density at radius 1 is 1.75 bits per heavy atom. The zero-order valence-electron chi connectivity index (χ0n) is 5.13. The van der Waals surface area contributed by atoms with Crippen molar-refractivity contribution < 1.29 is 0 Å². The van der Waals surface area contributed by atoms with Gasteiger partial charge in [0.15, 0.2) is 0 Å². The molecule has 8 heavy (non-hydrogen) atoms. The summed E-state index contributed by atoms with van der Waals surface area (Å²) in [5.41, 5.74) is 5.12. The highest BCUT2D eigenvalue weighted by molar-refractivity contribution is 4.79. The van der Waals surface area contributed by atoms with Crippen molar-refractivity contribution in [3.8, 4) is 0 Å². The molecule has 0 aliphatic carbocycles. The third-order valence-electron chi connectivity index (χ3n) is 0.975. The van der Waals surface area contributed by atoms with E-state index < -0.39 is 5.66 Å². The van der Waals surface area contributed by atoms with Crippen molar-refractivity contribution in [3.05, 3.63) is 0 Å². The molecular formula is C4H10N4. The lowest BCUT2D eigenvalue weighted by Gasteiger charge is -2.11. The third kappa shape index (κ3) is 0.949. The predicted octanol–water partition coefficient (Wildman–Crippen LogP) is -0.0261. The minimum atomic E-state index is -0.450. The standard InChI is InChI=1S/C4H10N4/c1-4(5)3-8(2)7-6-4/h3,5H2,1-2H3. The van der Waals surface area contributed by atoms with Crippen molar-refractivity contribution in [2.75, 3.05) is 13.6 Å². The number of likely N-dealkylation sites (N-methyl/N-ethyl adjacent to an activating group) is 1. The van der Waals surface area contributed by atoms with Gasteiger partial charge in [-0.2, -0.15) is 0 Å². The highest BCUT2D eigenvalue weighted by atomic mass is 15.6. The first-order valence-corrected chi connectivity index (χ1v) is 2.53. The molecule has 0 aromatic heterocycles. The average Bonchev–Trinajstić information content (AvgIpc) is 1.82. The maximum absolute atomic E-state index is 5.57. The summed E-state index contributed by atoms with van der Waals surface area (Å²) in [5.74, 6) is 0. The van der Waals surface area contributed by atoms with Gasteiger partial charge in [-0.05, 0) is 6.92 Å². The van der Waals surface area contributed by atoms with Gasteiger partial charge < -0.3 is 5.73 Å². The SMILES string of the molecule is CN1CC(C)(N)N=N1. The number of nitrogens with two attached hydrogens (primary N) is 1. The molecule has 4 nitrogen and oxygen atoms in total. The number of nitrogens with zero attached hydrogens (tertiary/aromatic N) is 3. The van der Waals surface area contributed by atoms with Crippen molar-refractivity contribution in [2.24, 2.45) is 16.1 Å². The zero-order valence-corrected chi connectivity index (χ0v) is 5.13. The Bertz CT molecular complexity index is 117. The van der Waals surface area contributed by atoms with E-state index in [4.69, 9.17) is 5.73 Å². The van der Waals surface area contributed by atoms with E-state index >= 15 is 0 Å². The second-order valence-electron chi connectivity index (χ2n) is 2.36. The second kappa shape index (κ2) is 1.42. The molecule has 2 N–H and O–H groups in total. The second-order valence-corrected chi connectivity index (χ2v) is 2.36. The Morgan fingerprint density at radius 2 is 2.38 bits per heavy atom. The molecule has 0 amide bonds. The Kier molecular flexibility index (Phi) is 0.973. The van der Waals surface area contributed by atoms with Crippen LogP contribution in [0.4, 0.5) is 0 Å². The first-order valence-electron chi connectivity index (χ1n) is 2.53. The normalized spacial score (nSPS) is 36.6. The molecule has 4 heteroatoms. The minimum Gasteiger partial charge on any atom is -0.304 e. The van der Waals surface area contributed by atoms with Gasteiger partial charge in [0, 0.05) is 7.05 Å².